The molecule has 2 N–H and O–H groups in total. The van der Waals surface area contributed by atoms with Gasteiger partial charge >= 0.3 is 5.97 Å². The summed E-state index contributed by atoms with van der Waals surface area (Å²) in [4.78, 5) is 23.1. The number of carbonyl (C=O) groups excluding carboxylic acids is 1. The lowest BCUT2D eigenvalue weighted by Gasteiger charge is -2.13. The highest BCUT2D eigenvalue weighted by molar-refractivity contribution is 5.95. The fourth-order valence-corrected chi connectivity index (χ4v) is 1.64. The van der Waals surface area contributed by atoms with Gasteiger partial charge in [0.1, 0.15) is 0 Å². The topological polar surface area (TPSA) is 92.4 Å². The lowest BCUT2D eigenvalue weighted by atomic mass is 10.1. The van der Waals surface area contributed by atoms with Crippen molar-refractivity contribution in [3.63, 3.8) is 0 Å². The Labute approximate surface area is 109 Å². The average molecular weight is 260 g/mol. The molecule has 0 saturated carbocycles. The second kappa shape index (κ2) is 5.34. The second-order valence-electron chi connectivity index (χ2n) is 3.99. The van der Waals surface area contributed by atoms with E-state index >= 15 is 0 Å². The van der Waals surface area contributed by atoms with Crippen LogP contribution in [0, 0.1) is 6.92 Å². The summed E-state index contributed by atoms with van der Waals surface area (Å²) in [6.45, 7) is 1.66. The van der Waals surface area contributed by atoms with Crippen molar-refractivity contribution in [1.82, 2.24) is 10.5 Å². The molecule has 1 aromatic carbocycles. The molecular formula is C13H12N2O4. The van der Waals surface area contributed by atoms with Crippen LogP contribution in [0.3, 0.4) is 0 Å². The van der Waals surface area contributed by atoms with Crippen LogP contribution in [-0.4, -0.2) is 22.1 Å². The predicted octanol–water partition coefficient (Wildman–Crippen LogP) is 1.54. The zero-order valence-corrected chi connectivity index (χ0v) is 10.2. The maximum Gasteiger partial charge on any atom is 0.330 e. The molecule has 1 aromatic heterocycles. The molecule has 0 saturated heterocycles. The Bertz CT molecular complexity index is 592. The summed E-state index contributed by atoms with van der Waals surface area (Å²) in [5, 5.41) is 15.1. The molecule has 19 heavy (non-hydrogen) atoms. The molecule has 0 aliphatic carbocycles. The number of nitrogens with one attached hydrogen (secondary N) is 1. The summed E-state index contributed by atoms with van der Waals surface area (Å²) in [5.41, 5.74) is 1.04. The van der Waals surface area contributed by atoms with Gasteiger partial charge in [0, 0.05) is 5.56 Å². The molecule has 0 unspecified atom stereocenters. The van der Waals surface area contributed by atoms with Crippen molar-refractivity contribution in [2.45, 2.75) is 13.0 Å². The van der Waals surface area contributed by atoms with Crippen molar-refractivity contribution in [3.05, 3.63) is 53.4 Å². The van der Waals surface area contributed by atoms with Crippen molar-refractivity contribution >= 4 is 11.9 Å². The molecular weight excluding hydrogens is 248 g/mol. The van der Waals surface area contributed by atoms with E-state index in [9.17, 15) is 14.7 Å². The Morgan fingerprint density at radius 2 is 2.00 bits per heavy atom. The number of benzene rings is 1. The average Bonchev–Trinajstić information content (AvgIpc) is 2.82. The van der Waals surface area contributed by atoms with Crippen molar-refractivity contribution < 1.29 is 19.2 Å². The number of amides is 1. The molecule has 0 aliphatic heterocycles. The van der Waals surface area contributed by atoms with E-state index in [0.29, 0.717) is 11.1 Å². The van der Waals surface area contributed by atoms with Gasteiger partial charge in [0.05, 0.1) is 6.20 Å². The van der Waals surface area contributed by atoms with E-state index in [1.54, 1.807) is 37.3 Å². The third kappa shape index (κ3) is 2.79. The quantitative estimate of drug-likeness (QED) is 0.869. The van der Waals surface area contributed by atoms with Gasteiger partial charge in [-0.25, -0.2) is 4.79 Å². The largest absolute Gasteiger partial charge is 0.479 e. The first kappa shape index (κ1) is 12.8. The molecule has 2 aromatic rings. The van der Waals surface area contributed by atoms with E-state index in [4.69, 9.17) is 4.52 Å². The highest BCUT2D eigenvalue weighted by Gasteiger charge is 2.24. The van der Waals surface area contributed by atoms with Crippen molar-refractivity contribution in [3.8, 4) is 0 Å². The number of carbonyl (C=O) groups is 2. The number of nitrogens with zero attached hydrogens (tertiary/aromatic N) is 1. The highest BCUT2D eigenvalue weighted by Crippen LogP contribution is 2.14. The number of aliphatic carboxylic acids is 1. The first-order valence-electron chi connectivity index (χ1n) is 5.59. The molecule has 98 valence electrons. The third-order valence-electron chi connectivity index (χ3n) is 2.61. The molecule has 0 bridgehead atoms. The molecule has 0 radical (unpaired) electrons. The lowest BCUT2D eigenvalue weighted by Crippen LogP contribution is -2.33. The van der Waals surface area contributed by atoms with Gasteiger partial charge in [-0.1, -0.05) is 35.5 Å². The summed E-state index contributed by atoms with van der Waals surface area (Å²) < 4.78 is 4.79. The first-order valence-corrected chi connectivity index (χ1v) is 5.59. The summed E-state index contributed by atoms with van der Waals surface area (Å²) in [7, 11) is 0. The van der Waals surface area contributed by atoms with Crippen molar-refractivity contribution in [2.24, 2.45) is 0 Å². The highest BCUT2D eigenvalue weighted by atomic mass is 16.5. The molecule has 1 heterocycles. The van der Waals surface area contributed by atoms with Crippen LogP contribution >= 0.6 is 0 Å². The van der Waals surface area contributed by atoms with Crippen LogP contribution < -0.4 is 5.32 Å². The van der Waals surface area contributed by atoms with Crippen molar-refractivity contribution in [2.75, 3.05) is 0 Å². The van der Waals surface area contributed by atoms with Crippen LogP contribution in [0.25, 0.3) is 0 Å². The third-order valence-corrected chi connectivity index (χ3v) is 2.61. The van der Waals surface area contributed by atoms with Crippen LogP contribution in [0.15, 0.2) is 41.1 Å². The second-order valence-corrected chi connectivity index (χ2v) is 3.99. The predicted molar refractivity (Wildman–Crippen MR) is 65.5 cm³/mol. The zero-order chi connectivity index (χ0) is 13.8. The summed E-state index contributed by atoms with van der Waals surface area (Å²) in [5.74, 6) is -1.73. The van der Waals surface area contributed by atoms with E-state index in [1.807, 2.05) is 0 Å². The van der Waals surface area contributed by atoms with Crippen LogP contribution in [-0.2, 0) is 4.79 Å². The number of aryl methyl sites for hydroxylation is 1. The monoisotopic (exact) mass is 260 g/mol. The minimum absolute atomic E-state index is 0.0159. The van der Waals surface area contributed by atoms with Gasteiger partial charge in [0.15, 0.2) is 6.04 Å². The van der Waals surface area contributed by atoms with Gasteiger partial charge in [-0.15, -0.1) is 0 Å². The molecule has 0 fully saturated rings. The molecule has 1 amide bonds. The molecule has 0 spiro atoms. The SMILES string of the molecule is Cc1cnoc1C(=O)N[C@@H](C(=O)O)c1ccccc1. The number of aromatic nitrogens is 1. The van der Waals surface area contributed by atoms with Crippen LogP contribution in [0.1, 0.15) is 27.7 Å². The van der Waals surface area contributed by atoms with Gasteiger partial charge in [-0.05, 0) is 12.5 Å². The van der Waals surface area contributed by atoms with Gasteiger partial charge < -0.3 is 14.9 Å². The minimum Gasteiger partial charge on any atom is -0.479 e. The fraction of sp³-hybridized carbons (Fsp3) is 0.154. The van der Waals surface area contributed by atoms with E-state index in [0.717, 1.165) is 0 Å². The Morgan fingerprint density at radius 1 is 1.32 bits per heavy atom. The Hall–Kier alpha value is -2.63. The first-order chi connectivity index (χ1) is 9.09. The van der Waals surface area contributed by atoms with E-state index in [-0.39, 0.29) is 5.76 Å². The fourth-order valence-electron chi connectivity index (χ4n) is 1.64. The minimum atomic E-state index is -1.14. The summed E-state index contributed by atoms with van der Waals surface area (Å²) >= 11 is 0. The Morgan fingerprint density at radius 3 is 2.53 bits per heavy atom. The Kier molecular flexibility index (Phi) is 3.61. The Balaban J connectivity index is 2.21. The van der Waals surface area contributed by atoms with Gasteiger partial charge in [0.2, 0.25) is 5.76 Å². The molecule has 6 heteroatoms. The summed E-state index contributed by atoms with van der Waals surface area (Å²) in [6, 6.07) is 7.32. The molecule has 6 nitrogen and oxygen atoms in total. The normalized spacial score (nSPS) is 11.8. The van der Waals surface area contributed by atoms with Gasteiger partial charge in [0.25, 0.3) is 5.91 Å². The van der Waals surface area contributed by atoms with Gasteiger partial charge in [-0.3, -0.25) is 4.79 Å². The zero-order valence-electron chi connectivity index (χ0n) is 10.2. The summed E-state index contributed by atoms with van der Waals surface area (Å²) in [6.07, 6.45) is 1.40. The van der Waals surface area contributed by atoms with Crippen LogP contribution in [0.4, 0.5) is 0 Å². The van der Waals surface area contributed by atoms with Crippen LogP contribution in [0.2, 0.25) is 0 Å². The molecule has 2 rings (SSSR count). The van der Waals surface area contributed by atoms with E-state index in [2.05, 4.69) is 10.5 Å². The maximum absolute atomic E-state index is 11.9. The van der Waals surface area contributed by atoms with Crippen molar-refractivity contribution in [1.29, 1.82) is 0 Å². The smallest absolute Gasteiger partial charge is 0.330 e. The number of carboxylic acid groups (broad SMARTS) is 1. The molecule has 0 aliphatic rings. The number of hydrogen-bond donors (Lipinski definition) is 2. The standard InChI is InChI=1S/C13H12N2O4/c1-8-7-14-19-11(8)12(16)15-10(13(17)18)9-5-3-2-4-6-9/h2-7,10H,1H3,(H,15,16)(H,17,18)/t10-/m1/s1. The number of rotatable bonds is 4. The maximum atomic E-state index is 11.9. The molecule has 1 atom stereocenters. The number of hydrogen-bond acceptors (Lipinski definition) is 4. The van der Waals surface area contributed by atoms with Gasteiger partial charge in [-0.2, -0.15) is 0 Å². The van der Waals surface area contributed by atoms with E-state index < -0.39 is 17.9 Å². The lowest BCUT2D eigenvalue weighted by molar-refractivity contribution is -0.139. The van der Waals surface area contributed by atoms with Crippen LogP contribution in [0.5, 0.6) is 0 Å². The van der Waals surface area contributed by atoms with E-state index in [1.165, 1.54) is 6.20 Å². The number of carboxylic acids is 1.